The van der Waals surface area contributed by atoms with E-state index < -0.39 is 22.5 Å². The van der Waals surface area contributed by atoms with Gasteiger partial charge >= 0.3 is 0 Å². The first-order valence-electron chi connectivity index (χ1n) is 10.5. The van der Waals surface area contributed by atoms with Crippen LogP contribution in [0.1, 0.15) is 11.1 Å². The monoisotopic (exact) mass is 468 g/mol. The first-order valence-corrected chi connectivity index (χ1v) is 12.0. The van der Waals surface area contributed by atoms with Crippen molar-refractivity contribution in [3.05, 3.63) is 90.0 Å². The Kier molecular flexibility index (Phi) is 8.46. The van der Waals surface area contributed by atoms with Gasteiger partial charge in [-0.05, 0) is 36.8 Å². The summed E-state index contributed by atoms with van der Waals surface area (Å²) in [6.45, 7) is 2.48. The molecule has 3 aromatic carbocycles. The summed E-state index contributed by atoms with van der Waals surface area (Å²) in [4.78, 5) is 12.8. The maximum atomic E-state index is 13.4. The summed E-state index contributed by atoms with van der Waals surface area (Å²) >= 11 is 0. The van der Waals surface area contributed by atoms with E-state index >= 15 is 0 Å². The topological polar surface area (TPSA) is 84.9 Å². The lowest BCUT2D eigenvalue weighted by atomic mass is 10.2. The molecule has 33 heavy (non-hydrogen) atoms. The number of carbonyl (C=O) groups excluding carboxylic acids is 1. The van der Waals surface area contributed by atoms with Crippen LogP contribution in [0.3, 0.4) is 0 Å². The van der Waals surface area contributed by atoms with Gasteiger partial charge in [0.25, 0.3) is 10.0 Å². The number of benzene rings is 3. The first-order chi connectivity index (χ1) is 15.9. The van der Waals surface area contributed by atoms with Crippen LogP contribution in [0.5, 0.6) is 5.75 Å². The van der Waals surface area contributed by atoms with Crippen LogP contribution in [0, 0.1) is 6.92 Å². The highest BCUT2D eigenvalue weighted by atomic mass is 32.2. The molecule has 0 unspecified atom stereocenters. The van der Waals surface area contributed by atoms with Crippen molar-refractivity contribution in [2.24, 2.45) is 0 Å². The van der Waals surface area contributed by atoms with Gasteiger partial charge in [0.05, 0.1) is 30.9 Å². The third kappa shape index (κ3) is 6.57. The molecule has 1 N–H and O–H groups in total. The summed E-state index contributed by atoms with van der Waals surface area (Å²) in [6.07, 6.45) is 0. The second-order valence-electron chi connectivity index (χ2n) is 7.38. The number of hydrogen-bond donors (Lipinski definition) is 1. The number of ether oxygens (including phenoxy) is 2. The number of nitrogens with one attached hydrogen (secondary N) is 1. The Morgan fingerprint density at radius 2 is 1.61 bits per heavy atom. The van der Waals surface area contributed by atoms with Gasteiger partial charge in [-0.3, -0.25) is 9.10 Å². The van der Waals surface area contributed by atoms with E-state index in [9.17, 15) is 13.2 Å². The third-order valence-corrected chi connectivity index (χ3v) is 6.70. The van der Waals surface area contributed by atoms with Gasteiger partial charge in [0, 0.05) is 6.54 Å². The minimum atomic E-state index is -4.01. The van der Waals surface area contributed by atoms with Gasteiger partial charge in [0.15, 0.2) is 0 Å². The number of rotatable bonds is 11. The molecule has 0 aromatic heterocycles. The molecule has 0 spiro atoms. The Balaban J connectivity index is 1.70. The maximum Gasteiger partial charge on any atom is 0.264 e. The molecule has 0 radical (unpaired) electrons. The Morgan fingerprint density at radius 3 is 2.30 bits per heavy atom. The number of sulfonamides is 1. The van der Waals surface area contributed by atoms with Crippen molar-refractivity contribution in [2.75, 3.05) is 31.1 Å². The molecule has 0 fully saturated rings. The number of methoxy groups -OCH3 is 1. The molecule has 0 saturated carbocycles. The highest BCUT2D eigenvalue weighted by molar-refractivity contribution is 7.92. The third-order valence-electron chi connectivity index (χ3n) is 4.93. The van der Waals surface area contributed by atoms with Crippen LogP contribution in [-0.2, 0) is 26.2 Å². The van der Waals surface area contributed by atoms with Gasteiger partial charge in [-0.2, -0.15) is 0 Å². The lowest BCUT2D eigenvalue weighted by Gasteiger charge is -2.25. The summed E-state index contributed by atoms with van der Waals surface area (Å²) in [5, 5.41) is 2.73. The molecule has 0 aliphatic heterocycles. The van der Waals surface area contributed by atoms with Gasteiger partial charge in [0.2, 0.25) is 5.91 Å². The Bertz CT molecular complexity index is 1150. The van der Waals surface area contributed by atoms with E-state index in [2.05, 4.69) is 5.32 Å². The zero-order chi connectivity index (χ0) is 23.7. The molecule has 0 aliphatic rings. The van der Waals surface area contributed by atoms with Crippen molar-refractivity contribution in [2.45, 2.75) is 18.4 Å². The van der Waals surface area contributed by atoms with Crippen molar-refractivity contribution in [3.63, 3.8) is 0 Å². The van der Waals surface area contributed by atoms with Crippen LogP contribution in [0.4, 0.5) is 5.69 Å². The van der Waals surface area contributed by atoms with Gasteiger partial charge in [0.1, 0.15) is 12.3 Å². The average Bonchev–Trinajstić information content (AvgIpc) is 2.83. The fourth-order valence-corrected chi connectivity index (χ4v) is 4.62. The molecule has 8 heteroatoms. The van der Waals surface area contributed by atoms with Gasteiger partial charge in [-0.25, -0.2) is 8.42 Å². The zero-order valence-electron chi connectivity index (χ0n) is 18.7. The smallest absolute Gasteiger partial charge is 0.264 e. The highest BCUT2D eigenvalue weighted by Gasteiger charge is 2.29. The Morgan fingerprint density at radius 1 is 0.939 bits per heavy atom. The molecule has 0 saturated heterocycles. The Labute approximate surface area is 195 Å². The summed E-state index contributed by atoms with van der Waals surface area (Å²) in [7, 11) is -2.55. The van der Waals surface area contributed by atoms with E-state index in [4.69, 9.17) is 9.47 Å². The van der Waals surface area contributed by atoms with Crippen LogP contribution >= 0.6 is 0 Å². The molecule has 1 amide bonds. The van der Waals surface area contributed by atoms with Crippen molar-refractivity contribution in [1.82, 2.24) is 5.32 Å². The van der Waals surface area contributed by atoms with Crippen molar-refractivity contribution in [3.8, 4) is 5.75 Å². The minimum absolute atomic E-state index is 0.0954. The molecular formula is C25H28N2O5S. The standard InChI is InChI=1S/C25H28N2O5S/c1-20-12-14-22(15-13-20)33(29,30)27(23-10-6-7-11-24(23)31-2)18-25(28)26-16-17-32-19-21-8-4-3-5-9-21/h3-15H,16-19H2,1-2H3,(H,26,28). The molecule has 0 heterocycles. The predicted octanol–water partition coefficient (Wildman–Crippen LogP) is 3.53. The number of amides is 1. The number of hydrogen-bond acceptors (Lipinski definition) is 5. The number of carbonyl (C=O) groups is 1. The normalized spacial score (nSPS) is 11.1. The molecule has 0 aliphatic carbocycles. The van der Waals surface area contributed by atoms with Gasteiger partial charge < -0.3 is 14.8 Å². The van der Waals surface area contributed by atoms with Crippen LogP contribution in [0.2, 0.25) is 0 Å². The molecule has 0 bridgehead atoms. The van der Waals surface area contributed by atoms with Gasteiger partial charge in [-0.1, -0.05) is 60.2 Å². The van der Waals surface area contributed by atoms with Crippen molar-refractivity contribution < 1.29 is 22.7 Å². The van der Waals surface area contributed by atoms with Crippen LogP contribution in [0.15, 0.2) is 83.8 Å². The van der Waals surface area contributed by atoms with E-state index in [1.807, 2.05) is 37.3 Å². The summed E-state index contributed by atoms with van der Waals surface area (Å²) < 4.78 is 38.9. The van der Waals surface area contributed by atoms with E-state index in [0.717, 1.165) is 15.4 Å². The van der Waals surface area contributed by atoms with E-state index in [1.54, 1.807) is 36.4 Å². The predicted molar refractivity (Wildman–Crippen MR) is 128 cm³/mol. The molecular weight excluding hydrogens is 440 g/mol. The maximum absolute atomic E-state index is 13.4. The minimum Gasteiger partial charge on any atom is -0.495 e. The SMILES string of the molecule is COc1ccccc1N(CC(=O)NCCOCc1ccccc1)S(=O)(=O)c1ccc(C)cc1. The molecule has 3 aromatic rings. The zero-order valence-corrected chi connectivity index (χ0v) is 19.5. The molecule has 3 rings (SSSR count). The van der Waals surface area contributed by atoms with Gasteiger partial charge in [-0.15, -0.1) is 0 Å². The second kappa shape index (κ2) is 11.5. The summed E-state index contributed by atoms with van der Waals surface area (Å²) in [5.74, 6) is -0.0907. The molecule has 174 valence electrons. The van der Waals surface area contributed by atoms with E-state index in [1.165, 1.54) is 19.2 Å². The molecule has 0 atom stereocenters. The van der Waals surface area contributed by atoms with Crippen LogP contribution in [0.25, 0.3) is 0 Å². The summed E-state index contributed by atoms with van der Waals surface area (Å²) in [5.41, 5.74) is 2.26. The van der Waals surface area contributed by atoms with E-state index in [0.29, 0.717) is 19.0 Å². The number of para-hydroxylation sites is 2. The quantitative estimate of drug-likeness (QED) is 0.435. The summed E-state index contributed by atoms with van der Waals surface area (Å²) in [6, 6.07) is 22.9. The number of anilines is 1. The average molecular weight is 469 g/mol. The molecule has 7 nitrogen and oxygen atoms in total. The van der Waals surface area contributed by atoms with Crippen molar-refractivity contribution >= 4 is 21.6 Å². The van der Waals surface area contributed by atoms with E-state index in [-0.39, 0.29) is 17.1 Å². The fraction of sp³-hybridized carbons (Fsp3) is 0.240. The second-order valence-corrected chi connectivity index (χ2v) is 9.25. The van der Waals surface area contributed by atoms with Crippen LogP contribution in [-0.4, -0.2) is 41.1 Å². The fourth-order valence-electron chi connectivity index (χ4n) is 3.19. The number of nitrogens with zero attached hydrogens (tertiary/aromatic N) is 1. The van der Waals surface area contributed by atoms with Crippen molar-refractivity contribution in [1.29, 1.82) is 0 Å². The Hall–Kier alpha value is -3.36. The largest absolute Gasteiger partial charge is 0.495 e. The first kappa shape index (κ1) is 24.3. The highest BCUT2D eigenvalue weighted by Crippen LogP contribution is 2.32. The lowest BCUT2D eigenvalue weighted by molar-refractivity contribution is -0.119. The lowest BCUT2D eigenvalue weighted by Crippen LogP contribution is -2.41. The number of aryl methyl sites for hydroxylation is 1. The van der Waals surface area contributed by atoms with Crippen LogP contribution < -0.4 is 14.4 Å².